The Morgan fingerprint density at radius 3 is 2.66 bits per heavy atom. The highest BCUT2D eigenvalue weighted by Gasteiger charge is 2.17. The number of ether oxygens (including phenoxy) is 1. The fraction of sp³-hybridized carbons (Fsp3) is 0. The number of nitro groups is 1. The molecule has 0 unspecified atom stereocenters. The Morgan fingerprint density at radius 1 is 1.17 bits per heavy atom. The zero-order valence-electron chi connectivity index (χ0n) is 14.6. The maximum absolute atomic E-state index is 12.4. The molecule has 0 fully saturated rings. The number of nitro benzene ring substituents is 1. The van der Waals surface area contributed by atoms with Gasteiger partial charge >= 0.3 is 11.9 Å². The van der Waals surface area contributed by atoms with Crippen LogP contribution in [0.2, 0.25) is 5.02 Å². The number of carbonyl (C=O) groups excluding carboxylic acids is 2. The summed E-state index contributed by atoms with van der Waals surface area (Å²) in [6.45, 7) is 0. The number of hydrogen-bond donors (Lipinski definition) is 1. The molecule has 0 aliphatic rings. The van der Waals surface area contributed by atoms with Gasteiger partial charge in [0.1, 0.15) is 5.75 Å². The van der Waals surface area contributed by atoms with E-state index in [-0.39, 0.29) is 33.3 Å². The second-order valence-corrected chi connectivity index (χ2v) is 5.93. The summed E-state index contributed by atoms with van der Waals surface area (Å²) in [4.78, 5) is 34.6. The van der Waals surface area contributed by atoms with Crippen molar-refractivity contribution >= 4 is 35.4 Å². The van der Waals surface area contributed by atoms with E-state index in [1.165, 1.54) is 42.7 Å². The summed E-state index contributed by atoms with van der Waals surface area (Å²) in [5.74, 6) is -1.34. The average Bonchev–Trinajstić information content (AvgIpc) is 3.24. The number of nitrogens with one attached hydrogen (secondary N) is 1. The first kappa shape index (κ1) is 19.8. The Balaban J connectivity index is 1.84. The third-order valence-corrected chi connectivity index (χ3v) is 3.94. The van der Waals surface area contributed by atoms with Crippen LogP contribution in [0.25, 0.3) is 0 Å². The van der Waals surface area contributed by atoms with Crippen molar-refractivity contribution in [1.82, 2.24) is 5.43 Å². The quantitative estimate of drug-likeness (QED) is 0.215. The molecule has 29 heavy (non-hydrogen) atoms. The number of hydrogen-bond acceptors (Lipinski definition) is 7. The van der Waals surface area contributed by atoms with Crippen LogP contribution < -0.4 is 10.2 Å². The van der Waals surface area contributed by atoms with E-state index >= 15 is 0 Å². The molecule has 1 N–H and O–H groups in total. The number of halogens is 1. The lowest BCUT2D eigenvalue weighted by molar-refractivity contribution is -0.384. The van der Waals surface area contributed by atoms with Gasteiger partial charge in [0.15, 0.2) is 5.76 Å². The molecule has 0 aliphatic heterocycles. The van der Waals surface area contributed by atoms with Crippen LogP contribution in [-0.2, 0) is 0 Å². The predicted octanol–water partition coefficient (Wildman–Crippen LogP) is 3.82. The average molecular weight is 414 g/mol. The normalized spacial score (nSPS) is 10.7. The lowest BCUT2D eigenvalue weighted by atomic mass is 10.2. The van der Waals surface area contributed by atoms with Crippen LogP contribution in [0, 0.1) is 10.1 Å². The van der Waals surface area contributed by atoms with Gasteiger partial charge in [-0.25, -0.2) is 10.2 Å². The maximum atomic E-state index is 12.4. The molecule has 0 aliphatic carbocycles. The number of amides is 1. The highest BCUT2D eigenvalue weighted by atomic mass is 35.5. The minimum Gasteiger partial charge on any atom is -0.459 e. The number of carbonyl (C=O) groups is 2. The van der Waals surface area contributed by atoms with E-state index in [0.29, 0.717) is 0 Å². The van der Waals surface area contributed by atoms with E-state index in [4.69, 9.17) is 20.8 Å². The number of rotatable bonds is 6. The van der Waals surface area contributed by atoms with Crippen molar-refractivity contribution in [3.8, 4) is 5.75 Å². The third-order valence-electron chi connectivity index (χ3n) is 3.62. The summed E-state index contributed by atoms with van der Waals surface area (Å²) >= 11 is 5.99. The lowest BCUT2D eigenvalue weighted by Gasteiger charge is -2.08. The summed E-state index contributed by atoms with van der Waals surface area (Å²) in [5.41, 5.74) is 2.18. The van der Waals surface area contributed by atoms with Gasteiger partial charge in [-0.05, 0) is 30.3 Å². The highest BCUT2D eigenvalue weighted by Crippen LogP contribution is 2.25. The second kappa shape index (κ2) is 8.81. The minimum absolute atomic E-state index is 0.00322. The molecule has 0 saturated heterocycles. The van der Waals surface area contributed by atoms with E-state index < -0.39 is 16.8 Å². The number of hydrazone groups is 1. The molecular weight excluding hydrogens is 402 g/mol. The first-order chi connectivity index (χ1) is 14.0. The smallest absolute Gasteiger partial charge is 0.345 e. The Labute approximate surface area is 168 Å². The van der Waals surface area contributed by atoms with Gasteiger partial charge < -0.3 is 9.15 Å². The van der Waals surface area contributed by atoms with E-state index in [1.54, 1.807) is 12.1 Å². The van der Waals surface area contributed by atoms with Crippen LogP contribution in [0.1, 0.15) is 26.5 Å². The van der Waals surface area contributed by atoms with E-state index in [0.717, 1.165) is 12.3 Å². The van der Waals surface area contributed by atoms with Crippen molar-refractivity contribution in [1.29, 1.82) is 0 Å². The largest absolute Gasteiger partial charge is 0.459 e. The molecule has 0 radical (unpaired) electrons. The van der Waals surface area contributed by atoms with Crippen molar-refractivity contribution in [3.63, 3.8) is 0 Å². The standard InChI is InChI=1S/C19H12ClN3O6/c20-15-5-2-1-4-14(15)19(25)29-16-8-7-13(23(26)27)10-12(16)11-21-22-18(24)17-6-3-9-28-17/h1-11H,(H,22,24)/b21-11+. The summed E-state index contributed by atoms with van der Waals surface area (Å²) in [7, 11) is 0. The molecule has 3 rings (SSSR count). The van der Waals surface area contributed by atoms with Crippen molar-refractivity contribution in [2.75, 3.05) is 0 Å². The summed E-state index contributed by atoms with van der Waals surface area (Å²) < 4.78 is 10.2. The Morgan fingerprint density at radius 2 is 1.97 bits per heavy atom. The molecular formula is C19H12ClN3O6. The lowest BCUT2D eigenvalue weighted by Crippen LogP contribution is -2.17. The Kier molecular flexibility index (Phi) is 6.00. The van der Waals surface area contributed by atoms with E-state index in [9.17, 15) is 19.7 Å². The maximum Gasteiger partial charge on any atom is 0.345 e. The number of benzene rings is 2. The molecule has 10 heteroatoms. The number of non-ortho nitro benzene ring substituents is 1. The van der Waals surface area contributed by atoms with Crippen LogP contribution in [0.4, 0.5) is 5.69 Å². The molecule has 146 valence electrons. The van der Waals surface area contributed by atoms with E-state index in [2.05, 4.69) is 10.5 Å². The number of esters is 1. The monoisotopic (exact) mass is 413 g/mol. The highest BCUT2D eigenvalue weighted by molar-refractivity contribution is 6.33. The van der Waals surface area contributed by atoms with Crippen LogP contribution in [-0.4, -0.2) is 23.0 Å². The van der Waals surface area contributed by atoms with Crippen molar-refractivity contribution in [2.45, 2.75) is 0 Å². The molecule has 1 aromatic heterocycles. The van der Waals surface area contributed by atoms with Crippen molar-refractivity contribution in [3.05, 3.63) is 92.9 Å². The van der Waals surface area contributed by atoms with Gasteiger partial charge in [0.25, 0.3) is 5.69 Å². The van der Waals surface area contributed by atoms with Crippen molar-refractivity contribution in [2.24, 2.45) is 5.10 Å². The van der Waals surface area contributed by atoms with Gasteiger partial charge in [0.05, 0.1) is 28.0 Å². The van der Waals surface area contributed by atoms with Crippen LogP contribution in [0.5, 0.6) is 5.75 Å². The molecule has 0 spiro atoms. The predicted molar refractivity (Wildman–Crippen MR) is 103 cm³/mol. The van der Waals surface area contributed by atoms with Gasteiger partial charge in [-0.15, -0.1) is 0 Å². The SMILES string of the molecule is O=C(N/N=C/c1cc([N+](=O)[O-])ccc1OC(=O)c1ccccc1Cl)c1ccco1. The fourth-order valence-corrected chi connectivity index (χ4v) is 2.46. The molecule has 0 saturated carbocycles. The number of furan rings is 1. The second-order valence-electron chi connectivity index (χ2n) is 5.53. The zero-order valence-corrected chi connectivity index (χ0v) is 15.3. The third kappa shape index (κ3) is 4.85. The van der Waals surface area contributed by atoms with E-state index in [1.807, 2.05) is 0 Å². The summed E-state index contributed by atoms with van der Waals surface area (Å²) in [6, 6.07) is 12.8. The summed E-state index contributed by atoms with van der Waals surface area (Å²) in [5, 5.41) is 15.0. The minimum atomic E-state index is -0.751. The Bertz CT molecular complexity index is 1100. The van der Waals surface area contributed by atoms with Gasteiger partial charge in [-0.1, -0.05) is 23.7 Å². The number of nitrogens with zero attached hydrogens (tertiary/aromatic N) is 2. The fourth-order valence-electron chi connectivity index (χ4n) is 2.25. The zero-order chi connectivity index (χ0) is 20.8. The molecule has 3 aromatic rings. The van der Waals surface area contributed by atoms with Crippen LogP contribution in [0.3, 0.4) is 0 Å². The van der Waals surface area contributed by atoms with Gasteiger partial charge in [-0.2, -0.15) is 5.10 Å². The van der Waals surface area contributed by atoms with Gasteiger partial charge in [0, 0.05) is 17.7 Å². The topological polar surface area (TPSA) is 124 Å². The molecule has 1 amide bonds. The first-order valence-corrected chi connectivity index (χ1v) is 8.45. The first-order valence-electron chi connectivity index (χ1n) is 8.08. The molecule has 1 heterocycles. The van der Waals surface area contributed by atoms with Crippen LogP contribution in [0.15, 0.2) is 70.4 Å². The van der Waals surface area contributed by atoms with Gasteiger partial charge in [-0.3, -0.25) is 14.9 Å². The van der Waals surface area contributed by atoms with Crippen LogP contribution >= 0.6 is 11.6 Å². The van der Waals surface area contributed by atoms with Gasteiger partial charge in [0.2, 0.25) is 0 Å². The molecule has 0 atom stereocenters. The molecule has 2 aromatic carbocycles. The molecule has 0 bridgehead atoms. The Hall–Kier alpha value is -3.98. The molecule has 9 nitrogen and oxygen atoms in total. The summed E-state index contributed by atoms with van der Waals surface area (Å²) in [6.07, 6.45) is 2.44. The van der Waals surface area contributed by atoms with Crippen molar-refractivity contribution < 1.29 is 23.7 Å².